The molecule has 0 fully saturated rings. The Hall–Kier alpha value is -2.89. The van der Waals surface area contributed by atoms with Crippen LogP contribution >= 0.6 is 0 Å². The van der Waals surface area contributed by atoms with Gasteiger partial charge in [-0.3, -0.25) is 19.0 Å². The lowest BCUT2D eigenvalue weighted by atomic mass is 9.84. The van der Waals surface area contributed by atoms with Crippen molar-refractivity contribution >= 4 is 11.9 Å². The number of rotatable bonds is 3. The van der Waals surface area contributed by atoms with Gasteiger partial charge in [0.15, 0.2) is 5.41 Å². The fraction of sp³-hybridized carbons (Fsp3) is 0.409. The van der Waals surface area contributed by atoms with E-state index in [1.807, 2.05) is 39.0 Å². The van der Waals surface area contributed by atoms with E-state index >= 15 is 0 Å². The highest BCUT2D eigenvalue weighted by molar-refractivity contribution is 6.01. The first-order chi connectivity index (χ1) is 13.2. The van der Waals surface area contributed by atoms with Crippen LogP contribution in [0.25, 0.3) is 5.69 Å². The number of benzene rings is 1. The number of pyridine rings is 1. The molecule has 0 saturated carbocycles. The summed E-state index contributed by atoms with van der Waals surface area (Å²) in [5.41, 5.74) is 4.14. The second-order valence-electron chi connectivity index (χ2n) is 7.45. The number of carbonyl (C=O) groups excluding carboxylic acids is 2. The zero-order chi connectivity index (χ0) is 20.8. The van der Waals surface area contributed by atoms with E-state index in [0.717, 1.165) is 33.6 Å². The van der Waals surface area contributed by atoms with E-state index < -0.39 is 17.4 Å². The Balaban J connectivity index is 2.29. The van der Waals surface area contributed by atoms with Gasteiger partial charge in [0.2, 0.25) is 0 Å². The van der Waals surface area contributed by atoms with Gasteiger partial charge in [0.05, 0.1) is 19.9 Å². The smallest absolute Gasteiger partial charge is 0.323 e. The first-order valence-corrected chi connectivity index (χ1v) is 9.17. The third-order valence-corrected chi connectivity index (χ3v) is 6.04. The van der Waals surface area contributed by atoms with E-state index in [1.54, 1.807) is 11.5 Å². The number of aromatic nitrogens is 1. The van der Waals surface area contributed by atoms with Crippen LogP contribution in [0.1, 0.15) is 33.5 Å². The molecule has 1 aliphatic carbocycles. The van der Waals surface area contributed by atoms with Gasteiger partial charge in [0, 0.05) is 24.1 Å². The number of aryl methyl sites for hydroxylation is 1. The van der Waals surface area contributed by atoms with Gasteiger partial charge in [-0.05, 0) is 56.0 Å². The maximum atomic E-state index is 13.2. The maximum Gasteiger partial charge on any atom is 0.323 e. The van der Waals surface area contributed by atoms with Crippen LogP contribution in [0.15, 0.2) is 23.0 Å². The molecule has 0 N–H and O–H groups in total. The Labute approximate surface area is 164 Å². The van der Waals surface area contributed by atoms with Gasteiger partial charge < -0.3 is 9.47 Å². The van der Waals surface area contributed by atoms with E-state index in [0.29, 0.717) is 5.56 Å². The van der Waals surface area contributed by atoms with Crippen LogP contribution in [0.3, 0.4) is 0 Å². The summed E-state index contributed by atoms with van der Waals surface area (Å²) in [6, 6.07) is 5.82. The van der Waals surface area contributed by atoms with Crippen LogP contribution in [-0.2, 0) is 31.9 Å². The van der Waals surface area contributed by atoms with E-state index in [-0.39, 0.29) is 18.4 Å². The van der Waals surface area contributed by atoms with Crippen LogP contribution in [0.5, 0.6) is 0 Å². The topological polar surface area (TPSA) is 74.6 Å². The first-order valence-electron chi connectivity index (χ1n) is 9.17. The number of methoxy groups -OCH3 is 2. The molecule has 0 spiro atoms. The summed E-state index contributed by atoms with van der Waals surface area (Å²) in [7, 11) is 2.51. The van der Waals surface area contributed by atoms with Gasteiger partial charge in [-0.2, -0.15) is 0 Å². The molecule has 0 bridgehead atoms. The van der Waals surface area contributed by atoms with Gasteiger partial charge in [-0.25, -0.2) is 0 Å². The predicted octanol–water partition coefficient (Wildman–Crippen LogP) is 2.50. The molecular formula is C22H25NO5. The lowest BCUT2D eigenvalue weighted by Gasteiger charge is -2.22. The van der Waals surface area contributed by atoms with Crippen LogP contribution < -0.4 is 5.56 Å². The van der Waals surface area contributed by atoms with Crippen LogP contribution in [-0.4, -0.2) is 30.7 Å². The average Bonchev–Trinajstić information content (AvgIpc) is 3.11. The van der Waals surface area contributed by atoms with Gasteiger partial charge in [-0.15, -0.1) is 0 Å². The second kappa shape index (κ2) is 6.93. The third kappa shape index (κ3) is 2.66. The van der Waals surface area contributed by atoms with E-state index in [2.05, 4.69) is 0 Å². The van der Waals surface area contributed by atoms with Crippen molar-refractivity contribution in [3.63, 3.8) is 0 Å². The van der Waals surface area contributed by atoms with Gasteiger partial charge in [0.1, 0.15) is 0 Å². The van der Waals surface area contributed by atoms with Crippen molar-refractivity contribution in [2.75, 3.05) is 14.2 Å². The number of hydrogen-bond donors (Lipinski definition) is 0. The summed E-state index contributed by atoms with van der Waals surface area (Å²) in [6.45, 7) is 7.57. The largest absolute Gasteiger partial charge is 0.468 e. The molecule has 6 heteroatoms. The highest BCUT2D eigenvalue weighted by atomic mass is 16.5. The Morgan fingerprint density at radius 3 is 2.07 bits per heavy atom. The lowest BCUT2D eigenvalue weighted by Crippen LogP contribution is -2.42. The molecule has 1 heterocycles. The molecular weight excluding hydrogens is 358 g/mol. The Morgan fingerprint density at radius 1 is 0.929 bits per heavy atom. The highest BCUT2D eigenvalue weighted by Gasteiger charge is 2.54. The van der Waals surface area contributed by atoms with Crippen LogP contribution in [0, 0.1) is 33.1 Å². The highest BCUT2D eigenvalue weighted by Crippen LogP contribution is 2.41. The van der Waals surface area contributed by atoms with Crippen molar-refractivity contribution in [3.8, 4) is 5.69 Å². The van der Waals surface area contributed by atoms with Crippen molar-refractivity contribution in [1.29, 1.82) is 0 Å². The summed E-state index contributed by atoms with van der Waals surface area (Å²) >= 11 is 0. The fourth-order valence-electron chi connectivity index (χ4n) is 4.20. The summed E-state index contributed by atoms with van der Waals surface area (Å²) in [4.78, 5) is 38.3. The zero-order valence-corrected chi connectivity index (χ0v) is 17.1. The van der Waals surface area contributed by atoms with Crippen LogP contribution in [0.4, 0.5) is 0 Å². The van der Waals surface area contributed by atoms with E-state index in [1.165, 1.54) is 14.2 Å². The molecule has 0 aliphatic heterocycles. The molecule has 3 rings (SSSR count). The Bertz CT molecular complexity index is 1030. The van der Waals surface area contributed by atoms with Crippen molar-refractivity contribution in [2.24, 2.45) is 5.41 Å². The normalized spacial score (nSPS) is 14.5. The lowest BCUT2D eigenvalue weighted by molar-refractivity contribution is -0.168. The molecule has 6 nitrogen and oxygen atoms in total. The van der Waals surface area contributed by atoms with Gasteiger partial charge in [-0.1, -0.05) is 12.1 Å². The molecule has 28 heavy (non-hydrogen) atoms. The summed E-state index contributed by atoms with van der Waals surface area (Å²) in [5.74, 6) is -1.28. The van der Waals surface area contributed by atoms with E-state index in [9.17, 15) is 14.4 Å². The molecule has 1 aliphatic rings. The molecule has 148 valence electrons. The minimum Gasteiger partial charge on any atom is -0.468 e. The van der Waals surface area contributed by atoms with Crippen molar-refractivity contribution in [1.82, 2.24) is 4.57 Å². The van der Waals surface area contributed by atoms with E-state index in [4.69, 9.17) is 9.47 Å². The Kier molecular flexibility index (Phi) is 4.91. The number of fused-ring (bicyclic) bond motifs is 1. The molecule has 2 aromatic rings. The molecule has 0 atom stereocenters. The first kappa shape index (κ1) is 19.9. The summed E-state index contributed by atoms with van der Waals surface area (Å²) in [5, 5.41) is 0. The minimum absolute atomic E-state index is 0.108. The SMILES string of the molecule is COC(=O)C1(C(=O)OC)Cc2c(c(C)n(-c3cccc(C)c3C)c(=O)c2C)C1. The monoisotopic (exact) mass is 383 g/mol. The molecule has 0 amide bonds. The quantitative estimate of drug-likeness (QED) is 0.601. The number of ether oxygens (including phenoxy) is 2. The molecule has 0 radical (unpaired) electrons. The Morgan fingerprint density at radius 2 is 1.50 bits per heavy atom. The number of esters is 2. The second-order valence-corrected chi connectivity index (χ2v) is 7.45. The molecule has 0 saturated heterocycles. The molecule has 0 unspecified atom stereocenters. The predicted molar refractivity (Wildman–Crippen MR) is 105 cm³/mol. The fourth-order valence-corrected chi connectivity index (χ4v) is 4.20. The van der Waals surface area contributed by atoms with Crippen molar-refractivity contribution in [2.45, 2.75) is 40.5 Å². The van der Waals surface area contributed by atoms with Gasteiger partial charge in [0.25, 0.3) is 5.56 Å². The zero-order valence-electron chi connectivity index (χ0n) is 17.1. The number of hydrogen-bond acceptors (Lipinski definition) is 5. The number of carbonyl (C=O) groups is 2. The molecule has 1 aromatic heterocycles. The van der Waals surface area contributed by atoms with Crippen molar-refractivity contribution in [3.05, 3.63) is 62.1 Å². The minimum atomic E-state index is -1.45. The van der Waals surface area contributed by atoms with Crippen LogP contribution in [0.2, 0.25) is 0 Å². The maximum absolute atomic E-state index is 13.2. The standard InChI is InChI=1S/C22H25NO5/c1-12-8-7-9-18(13(12)2)23-15(4)17-11-22(20(25)27-5,21(26)28-6)10-16(17)14(3)19(23)24/h7-9H,10-11H2,1-6H3. The summed E-state index contributed by atoms with van der Waals surface area (Å²) in [6.07, 6.45) is 0.261. The number of nitrogens with zero attached hydrogens (tertiary/aromatic N) is 1. The van der Waals surface area contributed by atoms with Crippen molar-refractivity contribution < 1.29 is 19.1 Å². The molecule has 1 aromatic carbocycles. The third-order valence-electron chi connectivity index (χ3n) is 6.04. The average molecular weight is 383 g/mol. The van der Waals surface area contributed by atoms with Gasteiger partial charge >= 0.3 is 11.9 Å². The summed E-state index contributed by atoms with van der Waals surface area (Å²) < 4.78 is 11.5.